The lowest BCUT2D eigenvalue weighted by atomic mass is 10.0. The molecule has 4 heteroatoms. The zero-order chi connectivity index (χ0) is 15.2. The summed E-state index contributed by atoms with van der Waals surface area (Å²) in [7, 11) is 0. The molecule has 0 aliphatic carbocycles. The van der Waals surface area contributed by atoms with Crippen LogP contribution in [0.3, 0.4) is 0 Å². The van der Waals surface area contributed by atoms with Crippen molar-refractivity contribution in [3.8, 4) is 0 Å². The van der Waals surface area contributed by atoms with Crippen LogP contribution in [0.5, 0.6) is 0 Å². The fourth-order valence-electron chi connectivity index (χ4n) is 2.36. The van der Waals surface area contributed by atoms with Gasteiger partial charge in [-0.05, 0) is 22.8 Å². The molecule has 2 aromatic rings. The number of carbonyl (C=O) groups excluding carboxylic acids is 1. The van der Waals surface area contributed by atoms with Crippen LogP contribution in [-0.2, 0) is 16.0 Å². The van der Waals surface area contributed by atoms with Gasteiger partial charge < -0.3 is 10.0 Å². The molecule has 0 unspecified atom stereocenters. The number of nitrogens with zero attached hydrogens (tertiary/aromatic N) is 1. The Morgan fingerprint density at radius 3 is 2.48 bits per heavy atom. The number of carboxylic acids is 1. The third kappa shape index (κ3) is 4.05. The van der Waals surface area contributed by atoms with Crippen LogP contribution in [0.4, 0.5) is 0 Å². The lowest BCUT2D eigenvalue weighted by Crippen LogP contribution is -2.37. The number of hydrogen-bond acceptors (Lipinski definition) is 2. The predicted molar refractivity (Wildman–Crippen MR) is 82.2 cm³/mol. The molecule has 2 rings (SSSR count). The molecule has 0 spiro atoms. The molecule has 0 fully saturated rings. The second kappa shape index (κ2) is 6.88. The topological polar surface area (TPSA) is 57.6 Å². The van der Waals surface area contributed by atoms with Crippen molar-refractivity contribution in [3.05, 3.63) is 48.0 Å². The summed E-state index contributed by atoms with van der Waals surface area (Å²) in [5.74, 6) is -1.12. The molecule has 21 heavy (non-hydrogen) atoms. The lowest BCUT2D eigenvalue weighted by Gasteiger charge is -2.20. The van der Waals surface area contributed by atoms with E-state index in [0.717, 1.165) is 22.8 Å². The van der Waals surface area contributed by atoms with Crippen LogP contribution in [0.15, 0.2) is 42.5 Å². The molecular weight excluding hydrogens is 266 g/mol. The van der Waals surface area contributed by atoms with E-state index in [1.807, 2.05) is 49.4 Å². The first-order valence-electron chi connectivity index (χ1n) is 7.07. The number of rotatable bonds is 6. The Kier molecular flexibility index (Phi) is 4.93. The van der Waals surface area contributed by atoms with E-state index < -0.39 is 5.97 Å². The second-order valence-corrected chi connectivity index (χ2v) is 5.07. The summed E-state index contributed by atoms with van der Waals surface area (Å²) < 4.78 is 0. The fraction of sp³-hybridized carbons (Fsp3) is 0.294. The summed E-state index contributed by atoms with van der Waals surface area (Å²) in [6.45, 7) is 2.16. The minimum atomic E-state index is -0.977. The van der Waals surface area contributed by atoms with Gasteiger partial charge in [-0.25, -0.2) is 0 Å². The first-order valence-corrected chi connectivity index (χ1v) is 7.07. The van der Waals surface area contributed by atoms with Gasteiger partial charge in [0.25, 0.3) is 0 Å². The van der Waals surface area contributed by atoms with Crippen LogP contribution in [0.2, 0.25) is 0 Å². The van der Waals surface area contributed by atoms with Crippen molar-refractivity contribution < 1.29 is 14.7 Å². The van der Waals surface area contributed by atoms with Gasteiger partial charge in [0, 0.05) is 6.54 Å². The van der Waals surface area contributed by atoms with Gasteiger partial charge in [0.05, 0.1) is 6.42 Å². The highest BCUT2D eigenvalue weighted by Crippen LogP contribution is 2.16. The van der Waals surface area contributed by atoms with E-state index in [2.05, 4.69) is 0 Å². The van der Waals surface area contributed by atoms with Crippen molar-refractivity contribution in [1.82, 2.24) is 4.90 Å². The van der Waals surface area contributed by atoms with Gasteiger partial charge in [0.15, 0.2) is 0 Å². The van der Waals surface area contributed by atoms with Crippen LogP contribution in [0, 0.1) is 0 Å². The highest BCUT2D eigenvalue weighted by Gasteiger charge is 2.16. The van der Waals surface area contributed by atoms with Crippen molar-refractivity contribution in [3.63, 3.8) is 0 Å². The Balaban J connectivity index is 2.13. The van der Waals surface area contributed by atoms with Gasteiger partial charge in [-0.15, -0.1) is 0 Å². The first kappa shape index (κ1) is 15.0. The SMILES string of the molecule is CCCN(CC(=O)O)C(=O)Cc1ccc2ccccc2c1. The van der Waals surface area contributed by atoms with E-state index in [1.54, 1.807) is 0 Å². The molecule has 0 saturated heterocycles. The van der Waals surface area contributed by atoms with E-state index in [1.165, 1.54) is 4.90 Å². The number of benzene rings is 2. The average Bonchev–Trinajstić information content (AvgIpc) is 2.46. The van der Waals surface area contributed by atoms with Crippen molar-refractivity contribution in [2.75, 3.05) is 13.1 Å². The molecule has 2 aromatic carbocycles. The average molecular weight is 285 g/mol. The molecule has 0 atom stereocenters. The summed E-state index contributed by atoms with van der Waals surface area (Å²) in [5.41, 5.74) is 0.908. The Hall–Kier alpha value is -2.36. The fourth-order valence-corrected chi connectivity index (χ4v) is 2.36. The maximum atomic E-state index is 12.2. The lowest BCUT2D eigenvalue weighted by molar-refractivity contribution is -0.144. The smallest absolute Gasteiger partial charge is 0.323 e. The zero-order valence-electron chi connectivity index (χ0n) is 12.1. The monoisotopic (exact) mass is 285 g/mol. The molecule has 0 heterocycles. The van der Waals surface area contributed by atoms with Crippen LogP contribution in [-0.4, -0.2) is 35.0 Å². The standard InChI is InChI=1S/C17H19NO3/c1-2-9-18(12-17(20)21)16(19)11-13-7-8-14-5-3-4-6-15(14)10-13/h3-8,10H,2,9,11-12H2,1H3,(H,20,21). The quantitative estimate of drug-likeness (QED) is 0.887. The van der Waals surface area contributed by atoms with Crippen LogP contribution in [0.1, 0.15) is 18.9 Å². The van der Waals surface area contributed by atoms with E-state index in [9.17, 15) is 9.59 Å². The van der Waals surface area contributed by atoms with Gasteiger partial charge in [-0.3, -0.25) is 9.59 Å². The normalized spacial score (nSPS) is 10.5. The van der Waals surface area contributed by atoms with Gasteiger partial charge in [-0.1, -0.05) is 49.4 Å². The number of hydrogen-bond donors (Lipinski definition) is 1. The summed E-state index contributed by atoms with van der Waals surface area (Å²) in [5, 5.41) is 11.1. The largest absolute Gasteiger partial charge is 0.480 e. The predicted octanol–water partition coefficient (Wildman–Crippen LogP) is 2.71. The Labute approximate surface area is 124 Å². The molecule has 1 amide bonds. The van der Waals surface area contributed by atoms with E-state index >= 15 is 0 Å². The minimum absolute atomic E-state index is 0.144. The van der Waals surface area contributed by atoms with E-state index in [4.69, 9.17) is 5.11 Å². The van der Waals surface area contributed by atoms with Gasteiger partial charge in [-0.2, -0.15) is 0 Å². The molecule has 0 saturated carbocycles. The molecular formula is C17H19NO3. The molecule has 4 nitrogen and oxygen atoms in total. The number of carboxylic acid groups (broad SMARTS) is 1. The number of fused-ring (bicyclic) bond motifs is 1. The van der Waals surface area contributed by atoms with Crippen LogP contribution in [0.25, 0.3) is 10.8 Å². The van der Waals surface area contributed by atoms with Crippen molar-refractivity contribution >= 4 is 22.6 Å². The van der Waals surface area contributed by atoms with Gasteiger partial charge in [0.2, 0.25) is 5.91 Å². The third-order valence-corrected chi connectivity index (χ3v) is 3.34. The number of amides is 1. The molecule has 0 bridgehead atoms. The third-order valence-electron chi connectivity index (χ3n) is 3.34. The van der Waals surface area contributed by atoms with Crippen LogP contribution < -0.4 is 0 Å². The van der Waals surface area contributed by atoms with Gasteiger partial charge in [0.1, 0.15) is 6.54 Å². The van der Waals surface area contributed by atoms with Gasteiger partial charge >= 0.3 is 5.97 Å². The Morgan fingerprint density at radius 2 is 1.81 bits per heavy atom. The Morgan fingerprint density at radius 1 is 1.10 bits per heavy atom. The Bertz CT molecular complexity index is 651. The molecule has 0 radical (unpaired) electrons. The molecule has 1 N–H and O–H groups in total. The summed E-state index contributed by atoms with van der Waals surface area (Å²) in [6, 6.07) is 13.9. The van der Waals surface area contributed by atoms with Crippen molar-refractivity contribution in [1.29, 1.82) is 0 Å². The maximum Gasteiger partial charge on any atom is 0.323 e. The summed E-state index contributed by atoms with van der Waals surface area (Å²) in [6.07, 6.45) is 0.981. The first-order chi connectivity index (χ1) is 10.1. The van der Waals surface area contributed by atoms with E-state index in [0.29, 0.717) is 6.54 Å². The number of carbonyl (C=O) groups is 2. The highest BCUT2D eigenvalue weighted by molar-refractivity contribution is 5.86. The van der Waals surface area contributed by atoms with Crippen molar-refractivity contribution in [2.45, 2.75) is 19.8 Å². The molecule has 0 aliphatic heterocycles. The molecule has 0 aliphatic rings. The molecule has 110 valence electrons. The van der Waals surface area contributed by atoms with Crippen LogP contribution >= 0.6 is 0 Å². The minimum Gasteiger partial charge on any atom is -0.480 e. The molecule has 0 aromatic heterocycles. The second-order valence-electron chi connectivity index (χ2n) is 5.07. The summed E-state index contributed by atoms with van der Waals surface area (Å²) in [4.78, 5) is 24.5. The maximum absolute atomic E-state index is 12.2. The zero-order valence-corrected chi connectivity index (χ0v) is 12.1. The number of aliphatic carboxylic acids is 1. The summed E-state index contributed by atoms with van der Waals surface area (Å²) >= 11 is 0. The highest BCUT2D eigenvalue weighted by atomic mass is 16.4. The van der Waals surface area contributed by atoms with Crippen molar-refractivity contribution in [2.24, 2.45) is 0 Å². The van der Waals surface area contributed by atoms with E-state index in [-0.39, 0.29) is 18.9 Å².